The summed E-state index contributed by atoms with van der Waals surface area (Å²) in [5.74, 6) is 3.65. The molecule has 1 aliphatic heterocycles. The van der Waals surface area contributed by atoms with Crippen molar-refractivity contribution in [3.63, 3.8) is 0 Å². The van der Waals surface area contributed by atoms with E-state index < -0.39 is 0 Å². The average molecular weight is 459 g/mol. The third kappa shape index (κ3) is 5.48. The number of hydrogen-bond donors (Lipinski definition) is 2. The lowest BCUT2D eigenvalue weighted by Gasteiger charge is -2.11. The summed E-state index contributed by atoms with van der Waals surface area (Å²) in [7, 11) is 1.75. The Morgan fingerprint density at radius 3 is 2.84 bits per heavy atom. The second-order valence-electron chi connectivity index (χ2n) is 5.38. The Morgan fingerprint density at radius 2 is 2.08 bits per heavy atom. The summed E-state index contributed by atoms with van der Waals surface area (Å²) >= 11 is 0. The van der Waals surface area contributed by atoms with Gasteiger partial charge in [-0.25, -0.2) is 0 Å². The number of ether oxygens (including phenoxy) is 2. The topological polar surface area (TPSA) is 93.8 Å². The van der Waals surface area contributed by atoms with E-state index in [9.17, 15) is 0 Å². The van der Waals surface area contributed by atoms with Crippen molar-refractivity contribution in [2.75, 3.05) is 20.4 Å². The molecule has 8 nitrogen and oxygen atoms in total. The second kappa shape index (κ2) is 9.44. The molecule has 2 heterocycles. The van der Waals surface area contributed by atoms with E-state index in [0.717, 1.165) is 42.4 Å². The Balaban J connectivity index is 0.00000225. The highest BCUT2D eigenvalue weighted by atomic mass is 127. The Labute approximate surface area is 163 Å². The van der Waals surface area contributed by atoms with E-state index in [4.69, 9.17) is 14.0 Å². The Bertz CT molecular complexity index is 720. The van der Waals surface area contributed by atoms with Crippen LogP contribution < -0.4 is 20.1 Å². The van der Waals surface area contributed by atoms with E-state index >= 15 is 0 Å². The van der Waals surface area contributed by atoms with Gasteiger partial charge in [-0.05, 0) is 31.0 Å². The molecule has 0 saturated carbocycles. The first-order valence-electron chi connectivity index (χ1n) is 7.87. The van der Waals surface area contributed by atoms with Crippen LogP contribution in [0.25, 0.3) is 0 Å². The van der Waals surface area contributed by atoms with E-state index in [1.54, 1.807) is 7.05 Å². The molecule has 0 unspecified atom stereocenters. The number of aliphatic imine (C=N–C) groups is 1. The van der Waals surface area contributed by atoms with Crippen LogP contribution in [0.5, 0.6) is 11.5 Å². The fraction of sp³-hybridized carbons (Fsp3) is 0.438. The number of benzene rings is 1. The summed E-state index contributed by atoms with van der Waals surface area (Å²) in [6.45, 7) is 3.52. The van der Waals surface area contributed by atoms with Crippen LogP contribution >= 0.6 is 24.0 Å². The van der Waals surface area contributed by atoms with Gasteiger partial charge in [-0.3, -0.25) is 4.99 Å². The van der Waals surface area contributed by atoms with E-state index in [2.05, 4.69) is 25.8 Å². The van der Waals surface area contributed by atoms with Gasteiger partial charge in [0, 0.05) is 26.6 Å². The highest BCUT2D eigenvalue weighted by Crippen LogP contribution is 2.32. The van der Waals surface area contributed by atoms with Gasteiger partial charge in [-0.15, -0.1) is 24.0 Å². The summed E-state index contributed by atoms with van der Waals surface area (Å²) < 4.78 is 15.8. The van der Waals surface area contributed by atoms with Crippen LogP contribution in [0.1, 0.15) is 23.7 Å². The van der Waals surface area contributed by atoms with Crippen molar-refractivity contribution >= 4 is 29.9 Å². The molecule has 0 amide bonds. The van der Waals surface area contributed by atoms with E-state index in [0.29, 0.717) is 18.3 Å². The van der Waals surface area contributed by atoms with Gasteiger partial charge in [0.2, 0.25) is 12.7 Å². The van der Waals surface area contributed by atoms with Crippen LogP contribution in [0.15, 0.2) is 27.7 Å². The molecule has 2 N–H and O–H groups in total. The molecule has 0 bridgehead atoms. The number of nitrogens with one attached hydrogen (secondary N) is 2. The molecule has 0 spiro atoms. The van der Waals surface area contributed by atoms with Crippen molar-refractivity contribution in [1.29, 1.82) is 0 Å². The van der Waals surface area contributed by atoms with Crippen molar-refractivity contribution in [3.8, 4) is 11.5 Å². The van der Waals surface area contributed by atoms with Crippen LogP contribution in [-0.4, -0.2) is 36.5 Å². The van der Waals surface area contributed by atoms with Crippen molar-refractivity contribution in [2.24, 2.45) is 4.99 Å². The third-order valence-electron chi connectivity index (χ3n) is 3.55. The summed E-state index contributed by atoms with van der Waals surface area (Å²) in [6.07, 6.45) is 1.62. The molecule has 136 valence electrons. The van der Waals surface area contributed by atoms with Crippen molar-refractivity contribution in [2.45, 2.75) is 26.3 Å². The van der Waals surface area contributed by atoms with E-state index in [-0.39, 0.29) is 30.8 Å². The number of rotatable bonds is 6. The van der Waals surface area contributed by atoms with Gasteiger partial charge in [0.05, 0.1) is 0 Å². The number of nitrogens with zero attached hydrogens (tertiary/aromatic N) is 3. The maximum atomic E-state index is 5.38. The summed E-state index contributed by atoms with van der Waals surface area (Å²) in [4.78, 5) is 8.39. The molecule has 0 fully saturated rings. The lowest BCUT2D eigenvalue weighted by Crippen LogP contribution is -2.37. The molecule has 3 rings (SSSR count). The van der Waals surface area contributed by atoms with Gasteiger partial charge in [0.25, 0.3) is 0 Å². The SMILES string of the molecule is CN=C(NCCCc1nc(C)no1)NCc1ccc2c(c1)OCO2.I. The van der Waals surface area contributed by atoms with Crippen LogP contribution in [0.2, 0.25) is 0 Å². The lowest BCUT2D eigenvalue weighted by atomic mass is 10.2. The zero-order valence-corrected chi connectivity index (χ0v) is 16.6. The normalized spacial score (nSPS) is 12.6. The maximum Gasteiger partial charge on any atom is 0.231 e. The number of hydrogen-bond acceptors (Lipinski definition) is 6. The molecule has 1 aromatic carbocycles. The molecule has 0 aliphatic carbocycles. The summed E-state index contributed by atoms with van der Waals surface area (Å²) in [6, 6.07) is 5.90. The number of halogens is 1. The number of fused-ring (bicyclic) bond motifs is 1. The standard InChI is InChI=1S/C16H21N5O3.HI/c1-11-20-15(24-21-11)4-3-7-18-16(17-2)19-9-12-5-6-13-14(8-12)23-10-22-13;/h5-6,8H,3-4,7,9-10H2,1-2H3,(H2,17,18,19);1H. The molecule has 0 radical (unpaired) electrons. The minimum Gasteiger partial charge on any atom is -0.454 e. The monoisotopic (exact) mass is 459 g/mol. The average Bonchev–Trinajstić information content (AvgIpc) is 3.22. The quantitative estimate of drug-likeness (QED) is 0.296. The van der Waals surface area contributed by atoms with Crippen molar-refractivity contribution in [3.05, 3.63) is 35.5 Å². The molecular formula is C16H22IN5O3. The van der Waals surface area contributed by atoms with Crippen molar-refractivity contribution < 1.29 is 14.0 Å². The molecule has 25 heavy (non-hydrogen) atoms. The predicted octanol–water partition coefficient (Wildman–Crippen LogP) is 2.02. The molecule has 0 saturated heterocycles. The smallest absolute Gasteiger partial charge is 0.231 e. The Hall–Kier alpha value is -2.04. The first-order chi connectivity index (χ1) is 11.7. The van der Waals surface area contributed by atoms with Gasteiger partial charge in [-0.1, -0.05) is 11.2 Å². The van der Waals surface area contributed by atoms with Gasteiger partial charge < -0.3 is 24.6 Å². The molecule has 1 aliphatic rings. The molecule has 2 aromatic rings. The number of aromatic nitrogens is 2. The van der Waals surface area contributed by atoms with Crippen LogP contribution in [0.4, 0.5) is 0 Å². The minimum atomic E-state index is 0. The second-order valence-corrected chi connectivity index (χ2v) is 5.38. The number of guanidine groups is 1. The van der Waals surface area contributed by atoms with Crippen LogP contribution in [-0.2, 0) is 13.0 Å². The Kier molecular flexibility index (Phi) is 7.29. The first-order valence-corrected chi connectivity index (χ1v) is 7.87. The maximum absolute atomic E-state index is 5.38. The highest BCUT2D eigenvalue weighted by molar-refractivity contribution is 14.0. The Morgan fingerprint density at radius 1 is 1.24 bits per heavy atom. The zero-order chi connectivity index (χ0) is 16.8. The predicted molar refractivity (Wildman–Crippen MR) is 104 cm³/mol. The highest BCUT2D eigenvalue weighted by Gasteiger charge is 2.13. The largest absolute Gasteiger partial charge is 0.454 e. The lowest BCUT2D eigenvalue weighted by molar-refractivity contribution is 0.174. The van der Waals surface area contributed by atoms with Gasteiger partial charge in [0.15, 0.2) is 23.3 Å². The molecule has 9 heteroatoms. The minimum absolute atomic E-state index is 0. The summed E-state index contributed by atoms with van der Waals surface area (Å²) in [5.41, 5.74) is 1.10. The zero-order valence-electron chi connectivity index (χ0n) is 14.2. The summed E-state index contributed by atoms with van der Waals surface area (Å²) in [5, 5.41) is 10.3. The van der Waals surface area contributed by atoms with E-state index in [1.807, 2.05) is 25.1 Å². The van der Waals surface area contributed by atoms with Gasteiger partial charge >= 0.3 is 0 Å². The fourth-order valence-electron chi connectivity index (χ4n) is 2.35. The van der Waals surface area contributed by atoms with Crippen LogP contribution in [0, 0.1) is 6.92 Å². The van der Waals surface area contributed by atoms with E-state index in [1.165, 1.54) is 0 Å². The molecular weight excluding hydrogens is 437 g/mol. The van der Waals surface area contributed by atoms with Gasteiger partial charge in [-0.2, -0.15) is 4.98 Å². The number of aryl methyl sites for hydroxylation is 2. The fourth-order valence-corrected chi connectivity index (χ4v) is 2.35. The molecule has 0 atom stereocenters. The molecule has 1 aromatic heterocycles. The van der Waals surface area contributed by atoms with Crippen molar-refractivity contribution in [1.82, 2.24) is 20.8 Å². The van der Waals surface area contributed by atoms with Crippen LogP contribution in [0.3, 0.4) is 0 Å². The third-order valence-corrected chi connectivity index (χ3v) is 3.55. The first kappa shape index (κ1) is 19.3. The van der Waals surface area contributed by atoms with Gasteiger partial charge in [0.1, 0.15) is 0 Å².